The second-order valence-corrected chi connectivity index (χ2v) is 13.1. The maximum Gasteiger partial charge on any atom is 0.550 e. The van der Waals surface area contributed by atoms with E-state index in [1.807, 2.05) is 0 Å². The molecule has 3 unspecified atom stereocenters. The van der Waals surface area contributed by atoms with Gasteiger partial charge < -0.3 is 9.47 Å². The summed E-state index contributed by atoms with van der Waals surface area (Å²) in [6.45, 7) is 2.18. The lowest BCUT2D eigenvalue weighted by atomic mass is 9.75. The Kier molecular flexibility index (Phi) is 17.8. The molecule has 10 nitrogen and oxygen atoms in total. The minimum absolute atomic E-state index is 0.0708. The lowest BCUT2D eigenvalue weighted by molar-refractivity contribution is -0.252. The van der Waals surface area contributed by atoms with Crippen LogP contribution in [0, 0.1) is 17.8 Å². The van der Waals surface area contributed by atoms with E-state index in [2.05, 4.69) is 28.9 Å². The van der Waals surface area contributed by atoms with Gasteiger partial charge in [-0.2, -0.15) is 9.59 Å². The van der Waals surface area contributed by atoms with Crippen molar-refractivity contribution < 1.29 is 48.2 Å². The van der Waals surface area contributed by atoms with Gasteiger partial charge in [0.25, 0.3) is 0 Å². The van der Waals surface area contributed by atoms with Crippen LogP contribution in [0.25, 0.3) is 0 Å². The topological polar surface area (TPSA) is 124 Å². The highest BCUT2D eigenvalue weighted by molar-refractivity contribution is 5.74. The van der Waals surface area contributed by atoms with E-state index in [9.17, 15) is 19.2 Å². The molecule has 3 aliphatic carbocycles. The molecular formula is C35H56O10. The summed E-state index contributed by atoms with van der Waals surface area (Å²) in [5.74, 6) is -1.09. The van der Waals surface area contributed by atoms with E-state index in [0.717, 1.165) is 122 Å². The highest BCUT2D eigenvalue weighted by Crippen LogP contribution is 2.35. The van der Waals surface area contributed by atoms with Gasteiger partial charge in [-0.05, 0) is 88.9 Å². The summed E-state index contributed by atoms with van der Waals surface area (Å²) in [4.78, 5) is 67.7. The first-order valence-corrected chi connectivity index (χ1v) is 17.8. The monoisotopic (exact) mass is 636 g/mol. The highest BCUT2D eigenvalue weighted by atomic mass is 17.2. The van der Waals surface area contributed by atoms with Gasteiger partial charge in [-0.25, -0.2) is 29.1 Å². The molecule has 0 aromatic heterocycles. The molecule has 0 aromatic carbocycles. The van der Waals surface area contributed by atoms with Crippen LogP contribution in [0.2, 0.25) is 0 Å². The summed E-state index contributed by atoms with van der Waals surface area (Å²) in [5, 5.41) is 0. The van der Waals surface area contributed by atoms with Crippen molar-refractivity contribution in [2.24, 2.45) is 17.8 Å². The molecule has 0 amide bonds. The quantitative estimate of drug-likeness (QED) is 0.0532. The molecular weight excluding hydrogens is 580 g/mol. The van der Waals surface area contributed by atoms with Crippen LogP contribution in [0.15, 0.2) is 12.2 Å². The Balaban J connectivity index is 1.29. The predicted octanol–water partition coefficient (Wildman–Crippen LogP) is 9.38. The molecule has 2 saturated carbocycles. The lowest BCUT2D eigenvalue weighted by Gasteiger charge is -2.30. The Morgan fingerprint density at radius 3 is 1.80 bits per heavy atom. The van der Waals surface area contributed by atoms with E-state index in [1.165, 1.54) is 6.42 Å². The van der Waals surface area contributed by atoms with Gasteiger partial charge in [-0.3, -0.25) is 0 Å². The molecule has 0 radical (unpaired) electrons. The largest absolute Gasteiger partial charge is 0.550 e. The third kappa shape index (κ3) is 15.4. The first kappa shape index (κ1) is 36.7. The molecule has 10 heteroatoms. The van der Waals surface area contributed by atoms with Crippen LogP contribution in [-0.2, 0) is 38.6 Å². The van der Waals surface area contributed by atoms with Gasteiger partial charge in [-0.1, -0.05) is 83.3 Å². The molecule has 3 rings (SSSR count). The fourth-order valence-electron chi connectivity index (χ4n) is 6.75. The molecule has 45 heavy (non-hydrogen) atoms. The molecule has 2 fully saturated rings. The average Bonchev–Trinajstić information content (AvgIpc) is 3.05. The van der Waals surface area contributed by atoms with E-state index < -0.39 is 24.2 Å². The summed E-state index contributed by atoms with van der Waals surface area (Å²) in [6.07, 6.45) is 23.6. The van der Waals surface area contributed by atoms with Crippen molar-refractivity contribution in [3.05, 3.63) is 12.2 Å². The second kappa shape index (κ2) is 21.9. The summed E-state index contributed by atoms with van der Waals surface area (Å²) in [5.41, 5.74) is 0. The number of unbranched alkanes of at least 4 members (excludes halogenated alkanes) is 7. The van der Waals surface area contributed by atoms with Gasteiger partial charge in [0.2, 0.25) is 0 Å². The lowest BCUT2D eigenvalue weighted by Crippen LogP contribution is -2.31. The van der Waals surface area contributed by atoms with Gasteiger partial charge in [0, 0.05) is 0 Å². The minimum Gasteiger partial charge on any atom is -0.428 e. The Morgan fingerprint density at radius 1 is 0.600 bits per heavy atom. The number of allylic oxidation sites excluding steroid dienone is 2. The van der Waals surface area contributed by atoms with Crippen LogP contribution in [0.1, 0.15) is 155 Å². The smallest absolute Gasteiger partial charge is 0.428 e. The molecule has 0 saturated heterocycles. The summed E-state index contributed by atoms with van der Waals surface area (Å²) >= 11 is 0. The molecule has 0 N–H and O–H groups in total. The maximum atomic E-state index is 13.1. The van der Waals surface area contributed by atoms with Crippen LogP contribution in [0.4, 0.5) is 9.59 Å². The zero-order chi connectivity index (χ0) is 32.1. The Morgan fingerprint density at radius 2 is 1.16 bits per heavy atom. The number of hydrogen-bond acceptors (Lipinski definition) is 10. The standard InChI is InChI=1S/C35H56O10/c1-2-3-4-11-18-28-25-24-27(26-31(28)33(37)43-45-35(39)41-30-21-14-9-15-22-30)17-10-6-5-7-16-23-32(36)42-44-34(38)40-29-19-12-8-13-20-29/h24-25,27-31H,2-23,26H2,1H3. The Hall–Kier alpha value is -2.78. The van der Waals surface area contributed by atoms with Gasteiger partial charge in [0.15, 0.2) is 0 Å². The van der Waals surface area contributed by atoms with Crippen molar-refractivity contribution >= 4 is 24.2 Å². The molecule has 3 atom stereocenters. The maximum absolute atomic E-state index is 13.1. The Bertz CT molecular complexity index is 906. The van der Waals surface area contributed by atoms with Gasteiger partial charge in [0.05, 0.1) is 12.3 Å². The van der Waals surface area contributed by atoms with Crippen molar-refractivity contribution in [3.8, 4) is 0 Å². The van der Waals surface area contributed by atoms with Crippen LogP contribution in [-0.4, -0.2) is 36.5 Å². The summed E-state index contributed by atoms with van der Waals surface area (Å²) in [6, 6.07) is 0. The molecule has 3 aliphatic rings. The van der Waals surface area contributed by atoms with E-state index in [1.54, 1.807) is 0 Å². The third-order valence-electron chi connectivity index (χ3n) is 9.38. The molecule has 0 spiro atoms. The van der Waals surface area contributed by atoms with Crippen molar-refractivity contribution in [2.75, 3.05) is 0 Å². The van der Waals surface area contributed by atoms with Crippen molar-refractivity contribution in [3.63, 3.8) is 0 Å². The highest BCUT2D eigenvalue weighted by Gasteiger charge is 2.34. The first-order valence-electron chi connectivity index (χ1n) is 17.8. The SMILES string of the molecule is CCCCCCC1C=CC(CCCCCCCC(=O)OOC(=O)OC2CCCCC2)CC1C(=O)OOC(=O)OC1CCCCC1. The molecule has 0 heterocycles. The van der Waals surface area contributed by atoms with Crippen LogP contribution in [0.5, 0.6) is 0 Å². The predicted molar refractivity (Wildman–Crippen MR) is 166 cm³/mol. The van der Waals surface area contributed by atoms with Crippen LogP contribution >= 0.6 is 0 Å². The summed E-state index contributed by atoms with van der Waals surface area (Å²) in [7, 11) is 0. The number of hydrogen-bond donors (Lipinski definition) is 0. The number of rotatable bonds is 16. The van der Waals surface area contributed by atoms with E-state index >= 15 is 0 Å². The molecule has 0 bridgehead atoms. The normalized spacial score (nSPS) is 22.3. The van der Waals surface area contributed by atoms with Gasteiger partial charge in [-0.15, -0.1) is 0 Å². The zero-order valence-electron chi connectivity index (χ0n) is 27.4. The second-order valence-electron chi connectivity index (χ2n) is 13.1. The van der Waals surface area contributed by atoms with Crippen LogP contribution < -0.4 is 0 Å². The fraction of sp³-hybridized carbons (Fsp3) is 0.829. The van der Waals surface area contributed by atoms with E-state index in [0.29, 0.717) is 12.8 Å². The molecule has 0 aromatic rings. The summed E-state index contributed by atoms with van der Waals surface area (Å²) < 4.78 is 10.5. The van der Waals surface area contributed by atoms with E-state index in [4.69, 9.17) is 19.2 Å². The number of carbonyl (C=O) groups excluding carboxylic acids is 4. The van der Waals surface area contributed by atoms with E-state index in [-0.39, 0.29) is 36.4 Å². The van der Waals surface area contributed by atoms with Crippen molar-refractivity contribution in [1.82, 2.24) is 0 Å². The third-order valence-corrected chi connectivity index (χ3v) is 9.38. The molecule has 0 aliphatic heterocycles. The zero-order valence-corrected chi connectivity index (χ0v) is 27.4. The molecule has 256 valence electrons. The van der Waals surface area contributed by atoms with Gasteiger partial charge >= 0.3 is 24.2 Å². The fourth-order valence-corrected chi connectivity index (χ4v) is 6.75. The van der Waals surface area contributed by atoms with Crippen LogP contribution in [0.3, 0.4) is 0 Å². The van der Waals surface area contributed by atoms with Crippen molar-refractivity contribution in [1.29, 1.82) is 0 Å². The first-order chi connectivity index (χ1) is 21.9. The minimum atomic E-state index is -0.949. The number of ether oxygens (including phenoxy) is 2. The number of carbonyl (C=O) groups is 4. The van der Waals surface area contributed by atoms with Gasteiger partial charge in [0.1, 0.15) is 12.2 Å². The van der Waals surface area contributed by atoms with Crippen molar-refractivity contribution in [2.45, 2.75) is 167 Å². The average molecular weight is 637 g/mol. The Labute approximate surface area is 269 Å².